The number of hydrogen-bond donors (Lipinski definition) is 2. The van der Waals surface area contributed by atoms with Gasteiger partial charge in [0.25, 0.3) is 0 Å². The fourth-order valence-electron chi connectivity index (χ4n) is 1.36. The Bertz CT molecular complexity index is 567. The average Bonchev–Trinajstić information content (AvgIpc) is 2.89. The maximum absolute atomic E-state index is 12.7. The fourth-order valence-corrected chi connectivity index (χ4v) is 1.36. The number of alkyl halides is 3. The molecule has 0 radical (unpaired) electrons. The molecule has 0 saturated heterocycles. The molecular formula is C11H8F3N3O2. The number of hydrazine groups is 1. The van der Waals surface area contributed by atoms with E-state index in [4.69, 9.17) is 0 Å². The summed E-state index contributed by atoms with van der Waals surface area (Å²) in [6.45, 7) is 0. The van der Waals surface area contributed by atoms with Gasteiger partial charge in [0.15, 0.2) is 0 Å². The molecule has 19 heavy (non-hydrogen) atoms. The number of anilines is 1. The van der Waals surface area contributed by atoms with Gasteiger partial charge in [0.2, 0.25) is 5.76 Å². The van der Waals surface area contributed by atoms with E-state index in [1.165, 1.54) is 30.5 Å². The van der Waals surface area contributed by atoms with Crippen molar-refractivity contribution < 1.29 is 22.5 Å². The minimum Gasteiger partial charge on any atom is -0.351 e. The van der Waals surface area contributed by atoms with Gasteiger partial charge in [-0.2, -0.15) is 13.2 Å². The van der Waals surface area contributed by atoms with Gasteiger partial charge in [-0.05, 0) is 12.1 Å². The Hall–Kier alpha value is -2.51. The Morgan fingerprint density at radius 3 is 2.58 bits per heavy atom. The highest BCUT2D eigenvalue weighted by atomic mass is 19.4. The molecule has 0 atom stereocenters. The van der Waals surface area contributed by atoms with Crippen LogP contribution in [0.3, 0.4) is 0 Å². The number of carbonyl (C=O) groups excluding carboxylic acids is 1. The third kappa shape index (κ3) is 3.03. The number of halogens is 3. The molecule has 0 aliphatic rings. The van der Waals surface area contributed by atoms with E-state index in [1.807, 2.05) is 0 Å². The molecule has 8 heteroatoms. The Labute approximate surface area is 105 Å². The van der Waals surface area contributed by atoms with Gasteiger partial charge in [0.1, 0.15) is 0 Å². The van der Waals surface area contributed by atoms with Crippen LogP contribution in [-0.4, -0.2) is 11.1 Å². The summed E-state index contributed by atoms with van der Waals surface area (Å²) in [6.07, 6.45) is -3.26. The molecule has 2 aromatic rings. The Balaban J connectivity index is 2.10. The van der Waals surface area contributed by atoms with Crippen LogP contribution < -0.4 is 10.9 Å². The van der Waals surface area contributed by atoms with Crippen molar-refractivity contribution >= 4 is 11.6 Å². The van der Waals surface area contributed by atoms with E-state index in [-0.39, 0.29) is 11.4 Å². The van der Waals surface area contributed by atoms with Gasteiger partial charge in [-0.3, -0.25) is 15.6 Å². The molecule has 5 nitrogen and oxygen atoms in total. The number of rotatable bonds is 3. The van der Waals surface area contributed by atoms with Crippen molar-refractivity contribution in [1.82, 2.24) is 10.6 Å². The Morgan fingerprint density at radius 2 is 1.95 bits per heavy atom. The zero-order valence-electron chi connectivity index (χ0n) is 9.36. The highest BCUT2D eigenvalue weighted by molar-refractivity contribution is 5.92. The summed E-state index contributed by atoms with van der Waals surface area (Å²) < 4.78 is 42.6. The highest BCUT2D eigenvalue weighted by Crippen LogP contribution is 2.34. The van der Waals surface area contributed by atoms with Crippen LogP contribution in [-0.2, 0) is 6.18 Å². The zero-order valence-corrected chi connectivity index (χ0v) is 9.36. The normalized spacial score (nSPS) is 11.1. The van der Waals surface area contributed by atoms with Crippen molar-refractivity contribution in [3.8, 4) is 0 Å². The third-order valence-electron chi connectivity index (χ3n) is 2.20. The minimum absolute atomic E-state index is 0.114. The van der Waals surface area contributed by atoms with Crippen molar-refractivity contribution in [2.75, 3.05) is 5.43 Å². The summed E-state index contributed by atoms with van der Waals surface area (Å²) in [6, 6.07) is 6.06. The molecule has 2 rings (SSSR count). The molecule has 2 N–H and O–H groups in total. The van der Waals surface area contributed by atoms with Crippen molar-refractivity contribution in [3.63, 3.8) is 0 Å². The predicted octanol–water partition coefficient (Wildman–Crippen LogP) is 2.45. The van der Waals surface area contributed by atoms with Crippen molar-refractivity contribution in [2.24, 2.45) is 0 Å². The lowest BCUT2D eigenvalue weighted by Crippen LogP contribution is -2.30. The maximum atomic E-state index is 12.7. The second-order valence-electron chi connectivity index (χ2n) is 3.50. The largest absolute Gasteiger partial charge is 0.418 e. The molecular weight excluding hydrogens is 263 g/mol. The molecule has 1 heterocycles. The maximum Gasteiger partial charge on any atom is 0.418 e. The highest BCUT2D eigenvalue weighted by Gasteiger charge is 2.33. The van der Waals surface area contributed by atoms with Crippen LogP contribution in [0.15, 0.2) is 41.1 Å². The molecule has 0 spiro atoms. The first kappa shape index (κ1) is 12.9. The molecule has 0 fully saturated rings. The monoisotopic (exact) mass is 271 g/mol. The number of carbonyl (C=O) groups is 1. The molecule has 0 saturated carbocycles. The summed E-state index contributed by atoms with van der Waals surface area (Å²) in [7, 11) is 0. The molecule has 0 bridgehead atoms. The standard InChI is InChI=1S/C11H8F3N3O2/c12-11(13,14)7-3-1-2-4-8(7)16-17-10(18)9-5-6-15-19-9/h1-6,16H,(H,17,18). The quantitative estimate of drug-likeness (QED) is 0.841. The van der Waals surface area contributed by atoms with Crippen LogP contribution in [0, 0.1) is 0 Å². The lowest BCUT2D eigenvalue weighted by atomic mass is 10.2. The third-order valence-corrected chi connectivity index (χ3v) is 2.20. The van der Waals surface area contributed by atoms with Crippen LogP contribution in [0.5, 0.6) is 0 Å². The van der Waals surface area contributed by atoms with Crippen LogP contribution in [0.25, 0.3) is 0 Å². The zero-order chi connectivity index (χ0) is 13.9. The molecule has 0 aliphatic carbocycles. The topological polar surface area (TPSA) is 67.2 Å². The molecule has 0 unspecified atom stereocenters. The first-order chi connectivity index (χ1) is 8.98. The van der Waals surface area contributed by atoms with Gasteiger partial charge in [-0.25, -0.2) is 0 Å². The number of para-hydroxylation sites is 1. The summed E-state index contributed by atoms with van der Waals surface area (Å²) in [5.41, 5.74) is 3.15. The number of aromatic nitrogens is 1. The molecule has 1 amide bonds. The van der Waals surface area contributed by atoms with E-state index in [1.54, 1.807) is 0 Å². The van der Waals surface area contributed by atoms with E-state index < -0.39 is 17.6 Å². The van der Waals surface area contributed by atoms with Crippen molar-refractivity contribution in [2.45, 2.75) is 6.18 Å². The van der Waals surface area contributed by atoms with E-state index in [0.29, 0.717) is 0 Å². The van der Waals surface area contributed by atoms with Crippen LogP contribution >= 0.6 is 0 Å². The second kappa shape index (κ2) is 5.01. The van der Waals surface area contributed by atoms with E-state index in [0.717, 1.165) is 6.07 Å². The molecule has 1 aromatic heterocycles. The van der Waals surface area contributed by atoms with E-state index in [2.05, 4.69) is 20.5 Å². The summed E-state index contributed by atoms with van der Waals surface area (Å²) in [5.74, 6) is -0.841. The van der Waals surface area contributed by atoms with Crippen molar-refractivity contribution in [3.05, 3.63) is 47.9 Å². The van der Waals surface area contributed by atoms with Crippen LogP contribution in [0.2, 0.25) is 0 Å². The van der Waals surface area contributed by atoms with Crippen LogP contribution in [0.4, 0.5) is 18.9 Å². The number of benzene rings is 1. The Morgan fingerprint density at radius 1 is 1.21 bits per heavy atom. The fraction of sp³-hybridized carbons (Fsp3) is 0.0909. The van der Waals surface area contributed by atoms with Gasteiger partial charge in [-0.1, -0.05) is 17.3 Å². The lowest BCUT2D eigenvalue weighted by Gasteiger charge is -2.14. The first-order valence-electron chi connectivity index (χ1n) is 5.12. The van der Waals surface area contributed by atoms with Gasteiger partial charge >= 0.3 is 12.1 Å². The minimum atomic E-state index is -4.51. The summed E-state index contributed by atoms with van der Waals surface area (Å²) >= 11 is 0. The summed E-state index contributed by atoms with van der Waals surface area (Å²) in [4.78, 5) is 11.5. The summed E-state index contributed by atoms with van der Waals surface area (Å²) in [5, 5.41) is 3.31. The smallest absolute Gasteiger partial charge is 0.351 e. The van der Waals surface area contributed by atoms with E-state index >= 15 is 0 Å². The number of amides is 1. The van der Waals surface area contributed by atoms with Gasteiger partial charge in [0, 0.05) is 6.07 Å². The van der Waals surface area contributed by atoms with Gasteiger partial charge in [-0.15, -0.1) is 0 Å². The lowest BCUT2D eigenvalue weighted by molar-refractivity contribution is -0.137. The first-order valence-corrected chi connectivity index (χ1v) is 5.12. The van der Waals surface area contributed by atoms with Gasteiger partial charge < -0.3 is 4.52 Å². The number of nitrogens with zero attached hydrogens (tertiary/aromatic N) is 1. The van der Waals surface area contributed by atoms with Crippen LogP contribution in [0.1, 0.15) is 16.1 Å². The van der Waals surface area contributed by atoms with Gasteiger partial charge in [0.05, 0.1) is 17.4 Å². The molecule has 1 aromatic carbocycles. The molecule has 100 valence electrons. The number of nitrogens with one attached hydrogen (secondary N) is 2. The molecule has 0 aliphatic heterocycles. The Kier molecular flexibility index (Phi) is 3.41. The van der Waals surface area contributed by atoms with Crippen molar-refractivity contribution in [1.29, 1.82) is 0 Å². The van der Waals surface area contributed by atoms with E-state index in [9.17, 15) is 18.0 Å². The SMILES string of the molecule is O=C(NNc1ccccc1C(F)(F)F)c1ccno1. The predicted molar refractivity (Wildman–Crippen MR) is 59.0 cm³/mol. The second-order valence-corrected chi connectivity index (χ2v) is 3.50. The average molecular weight is 271 g/mol. The number of hydrogen-bond acceptors (Lipinski definition) is 4.